The Balaban J connectivity index is 1.61. The number of aromatic nitrogens is 2. The van der Waals surface area contributed by atoms with E-state index in [0.29, 0.717) is 34.0 Å². The average Bonchev–Trinajstić information content (AvgIpc) is 3.58. The number of carbonyl (C=O) groups is 2. The minimum absolute atomic E-state index is 0.0881. The number of aryl methyl sites for hydroxylation is 1. The summed E-state index contributed by atoms with van der Waals surface area (Å²) in [5, 5.41) is 31.2. The molecule has 9 heteroatoms. The van der Waals surface area contributed by atoms with Gasteiger partial charge in [0.05, 0.1) is 18.2 Å². The standard InChI is InChI=1S/C27H24N2O7/c1-35-15-8-9-20-17(11-15)18(12-28-20)21-24(32)26(36-25(21)27(33)34)23(31)19-13-29-22-14(5-2-3-10-30)6-4-7-16(19)22/h4,6-9,11-13,28-30,32H,2-3,5,10H2,1H3,(H,33,34). The molecule has 0 bridgehead atoms. The van der Waals surface area contributed by atoms with Crippen LogP contribution in [0.25, 0.3) is 32.9 Å². The van der Waals surface area contributed by atoms with E-state index in [0.717, 1.165) is 23.9 Å². The quantitative estimate of drug-likeness (QED) is 0.147. The third-order valence-corrected chi connectivity index (χ3v) is 6.34. The van der Waals surface area contributed by atoms with E-state index in [1.807, 2.05) is 12.1 Å². The number of methoxy groups -OCH3 is 1. The molecule has 5 aromatic rings. The number of nitrogens with one attached hydrogen (secondary N) is 2. The van der Waals surface area contributed by atoms with Gasteiger partial charge < -0.3 is 34.4 Å². The zero-order valence-corrected chi connectivity index (χ0v) is 19.4. The second-order valence-electron chi connectivity index (χ2n) is 8.45. The van der Waals surface area contributed by atoms with Crippen molar-refractivity contribution in [2.75, 3.05) is 13.7 Å². The molecule has 0 spiro atoms. The lowest BCUT2D eigenvalue weighted by Crippen LogP contribution is -2.00. The molecule has 3 aromatic heterocycles. The predicted molar refractivity (Wildman–Crippen MR) is 133 cm³/mol. The van der Waals surface area contributed by atoms with Gasteiger partial charge in [0.15, 0.2) is 5.75 Å². The number of carboxylic acids is 1. The van der Waals surface area contributed by atoms with Gasteiger partial charge in [0.25, 0.3) is 0 Å². The third kappa shape index (κ3) is 3.79. The lowest BCUT2D eigenvalue weighted by Gasteiger charge is -2.03. The number of carbonyl (C=O) groups excluding carboxylic acids is 1. The molecule has 0 fully saturated rings. The Kier molecular flexibility index (Phi) is 5.99. The monoisotopic (exact) mass is 488 g/mol. The maximum Gasteiger partial charge on any atom is 0.372 e. The van der Waals surface area contributed by atoms with Crippen molar-refractivity contribution < 1.29 is 34.1 Å². The van der Waals surface area contributed by atoms with Crippen LogP contribution in [0.15, 0.2) is 53.2 Å². The molecule has 0 aliphatic heterocycles. The number of aromatic amines is 2. The molecule has 0 saturated carbocycles. The Morgan fingerprint density at radius 2 is 1.86 bits per heavy atom. The summed E-state index contributed by atoms with van der Waals surface area (Å²) in [5.41, 5.74) is 2.99. The number of aromatic carboxylic acids is 1. The number of rotatable bonds is 9. The number of H-pyrrole nitrogens is 2. The van der Waals surface area contributed by atoms with Crippen molar-refractivity contribution in [3.05, 3.63) is 71.4 Å². The number of ether oxygens (including phenoxy) is 1. The van der Waals surface area contributed by atoms with E-state index in [-0.39, 0.29) is 17.7 Å². The van der Waals surface area contributed by atoms with E-state index >= 15 is 0 Å². The fraction of sp³-hybridized carbons (Fsp3) is 0.185. The number of unbranched alkanes of at least 4 members (excludes halogenated alkanes) is 1. The number of furan rings is 1. The summed E-state index contributed by atoms with van der Waals surface area (Å²) in [7, 11) is 1.52. The van der Waals surface area contributed by atoms with Gasteiger partial charge in [-0.25, -0.2) is 4.79 Å². The molecule has 0 unspecified atom stereocenters. The van der Waals surface area contributed by atoms with Gasteiger partial charge in [-0.15, -0.1) is 0 Å². The number of aliphatic hydroxyl groups is 1. The molecule has 0 amide bonds. The van der Waals surface area contributed by atoms with Gasteiger partial charge in [-0.3, -0.25) is 4.79 Å². The van der Waals surface area contributed by atoms with Crippen molar-refractivity contribution in [2.24, 2.45) is 0 Å². The molecule has 2 aromatic carbocycles. The van der Waals surface area contributed by atoms with Gasteiger partial charge in [0, 0.05) is 46.4 Å². The molecule has 0 radical (unpaired) electrons. The summed E-state index contributed by atoms with van der Waals surface area (Å²) >= 11 is 0. The number of hydrogen-bond acceptors (Lipinski definition) is 6. The number of aliphatic hydroxyl groups excluding tert-OH is 1. The number of hydrogen-bond donors (Lipinski definition) is 5. The molecule has 0 aliphatic carbocycles. The lowest BCUT2D eigenvalue weighted by molar-refractivity contribution is 0.0661. The van der Waals surface area contributed by atoms with Crippen LogP contribution < -0.4 is 4.74 Å². The molecular weight excluding hydrogens is 464 g/mol. The van der Waals surface area contributed by atoms with Gasteiger partial charge in [-0.1, -0.05) is 18.2 Å². The molecule has 5 rings (SSSR count). The summed E-state index contributed by atoms with van der Waals surface area (Å²) in [6.07, 6.45) is 5.26. The van der Waals surface area contributed by atoms with Gasteiger partial charge in [-0.2, -0.15) is 0 Å². The van der Waals surface area contributed by atoms with Crippen LogP contribution in [0.2, 0.25) is 0 Å². The number of aromatic hydroxyl groups is 1. The average molecular weight is 488 g/mol. The molecule has 3 heterocycles. The second-order valence-corrected chi connectivity index (χ2v) is 8.45. The summed E-state index contributed by atoms with van der Waals surface area (Å²) in [5.74, 6) is -3.04. The van der Waals surface area contributed by atoms with Crippen LogP contribution in [0.5, 0.6) is 11.5 Å². The maximum atomic E-state index is 13.5. The zero-order valence-electron chi connectivity index (χ0n) is 19.4. The minimum Gasteiger partial charge on any atom is -0.504 e. The number of fused-ring (bicyclic) bond motifs is 2. The first-order valence-corrected chi connectivity index (χ1v) is 11.4. The predicted octanol–water partition coefficient (Wildman–Crippen LogP) is 4.87. The first-order valence-electron chi connectivity index (χ1n) is 11.4. The van der Waals surface area contributed by atoms with Crippen LogP contribution in [-0.4, -0.2) is 50.8 Å². The maximum absolute atomic E-state index is 13.5. The van der Waals surface area contributed by atoms with E-state index in [9.17, 15) is 19.8 Å². The molecule has 36 heavy (non-hydrogen) atoms. The van der Waals surface area contributed by atoms with Crippen molar-refractivity contribution in [3.63, 3.8) is 0 Å². The zero-order chi connectivity index (χ0) is 25.4. The van der Waals surface area contributed by atoms with Gasteiger partial charge >= 0.3 is 5.97 Å². The van der Waals surface area contributed by atoms with Crippen LogP contribution in [0.4, 0.5) is 0 Å². The van der Waals surface area contributed by atoms with Crippen LogP contribution in [0.1, 0.15) is 45.1 Å². The molecule has 5 N–H and O–H groups in total. The number of para-hydroxylation sites is 1. The minimum atomic E-state index is -1.42. The Hall–Kier alpha value is -4.50. The van der Waals surface area contributed by atoms with Crippen molar-refractivity contribution in [2.45, 2.75) is 19.3 Å². The van der Waals surface area contributed by atoms with Gasteiger partial charge in [0.2, 0.25) is 17.3 Å². The second kappa shape index (κ2) is 9.27. The molecule has 184 valence electrons. The largest absolute Gasteiger partial charge is 0.504 e. The van der Waals surface area contributed by atoms with Crippen molar-refractivity contribution in [3.8, 4) is 22.6 Å². The van der Waals surface area contributed by atoms with Crippen molar-refractivity contribution in [1.29, 1.82) is 0 Å². The van der Waals surface area contributed by atoms with Crippen LogP contribution in [0.3, 0.4) is 0 Å². The van der Waals surface area contributed by atoms with Crippen LogP contribution in [0, 0.1) is 0 Å². The fourth-order valence-corrected chi connectivity index (χ4v) is 4.57. The van der Waals surface area contributed by atoms with Crippen LogP contribution in [-0.2, 0) is 6.42 Å². The summed E-state index contributed by atoms with van der Waals surface area (Å²) < 4.78 is 10.8. The van der Waals surface area contributed by atoms with Gasteiger partial charge in [0.1, 0.15) is 5.75 Å². The SMILES string of the molecule is COc1ccc2[nH]cc(-c3c(C(=O)O)oc(C(=O)c4c[nH]c5c(CCCCO)cccc45)c3O)c2c1. The Morgan fingerprint density at radius 1 is 1.03 bits per heavy atom. The summed E-state index contributed by atoms with van der Waals surface area (Å²) in [6.45, 7) is 0.111. The first-order chi connectivity index (χ1) is 17.4. The summed E-state index contributed by atoms with van der Waals surface area (Å²) in [6, 6.07) is 10.8. The topological polar surface area (TPSA) is 149 Å². The van der Waals surface area contributed by atoms with Crippen molar-refractivity contribution in [1.82, 2.24) is 9.97 Å². The number of carboxylic acid groups (broad SMARTS) is 1. The number of benzene rings is 2. The van der Waals surface area contributed by atoms with E-state index in [2.05, 4.69) is 9.97 Å². The van der Waals surface area contributed by atoms with Crippen LogP contribution >= 0.6 is 0 Å². The highest BCUT2D eigenvalue weighted by molar-refractivity contribution is 6.18. The molecule has 9 nitrogen and oxygen atoms in total. The van der Waals surface area contributed by atoms with E-state index in [4.69, 9.17) is 14.3 Å². The van der Waals surface area contributed by atoms with Gasteiger partial charge in [-0.05, 0) is 43.0 Å². The summed E-state index contributed by atoms with van der Waals surface area (Å²) in [4.78, 5) is 31.7. The first kappa shape index (κ1) is 23.3. The number of ketones is 1. The lowest BCUT2D eigenvalue weighted by atomic mass is 10.00. The third-order valence-electron chi connectivity index (χ3n) is 6.34. The van der Waals surface area contributed by atoms with E-state index in [1.54, 1.807) is 30.5 Å². The highest BCUT2D eigenvalue weighted by atomic mass is 16.5. The highest BCUT2D eigenvalue weighted by Gasteiger charge is 2.32. The Bertz CT molecular complexity index is 1610. The van der Waals surface area contributed by atoms with E-state index < -0.39 is 29.0 Å². The molecule has 0 atom stereocenters. The fourth-order valence-electron chi connectivity index (χ4n) is 4.57. The van der Waals surface area contributed by atoms with Crippen molar-refractivity contribution >= 4 is 33.6 Å². The molecular formula is C27H24N2O7. The molecule has 0 saturated heterocycles. The smallest absolute Gasteiger partial charge is 0.372 e. The van der Waals surface area contributed by atoms with E-state index in [1.165, 1.54) is 13.3 Å². The normalized spacial score (nSPS) is 11.4. The highest BCUT2D eigenvalue weighted by Crippen LogP contribution is 2.43. The Morgan fingerprint density at radius 3 is 2.61 bits per heavy atom. The Labute approximate surface area is 204 Å². The molecule has 0 aliphatic rings.